The third-order valence-corrected chi connectivity index (χ3v) is 4.12. The second kappa shape index (κ2) is 5.59. The predicted molar refractivity (Wildman–Crippen MR) is 67.3 cm³/mol. The van der Waals surface area contributed by atoms with Crippen molar-refractivity contribution in [2.45, 2.75) is 44.9 Å². The zero-order valence-corrected chi connectivity index (χ0v) is 10.7. The summed E-state index contributed by atoms with van der Waals surface area (Å²) in [6.07, 6.45) is 7.17. The lowest BCUT2D eigenvalue weighted by atomic mass is 9.69. The molecule has 0 spiro atoms. The molecule has 2 aliphatic carbocycles. The summed E-state index contributed by atoms with van der Waals surface area (Å²) in [5, 5.41) is 14.6. The lowest BCUT2D eigenvalue weighted by molar-refractivity contribution is -0.153. The molecule has 2 saturated carbocycles. The van der Waals surface area contributed by atoms with Crippen LogP contribution in [-0.4, -0.2) is 30.2 Å². The summed E-state index contributed by atoms with van der Waals surface area (Å²) in [5.74, 6) is 0.0999. The molecule has 0 saturated heterocycles. The number of rotatable bonds is 7. The van der Waals surface area contributed by atoms with Crippen molar-refractivity contribution in [1.82, 2.24) is 10.6 Å². The quantitative estimate of drug-likeness (QED) is 0.605. The van der Waals surface area contributed by atoms with E-state index in [9.17, 15) is 9.59 Å². The van der Waals surface area contributed by atoms with Gasteiger partial charge in [-0.2, -0.15) is 0 Å². The van der Waals surface area contributed by atoms with Gasteiger partial charge in [0, 0.05) is 13.1 Å². The van der Waals surface area contributed by atoms with Crippen molar-refractivity contribution in [2.24, 2.45) is 11.3 Å². The molecule has 0 aromatic carbocycles. The molecule has 0 bridgehead atoms. The molecule has 5 heteroatoms. The molecular formula is C13H22N2O3. The van der Waals surface area contributed by atoms with Crippen molar-refractivity contribution in [3.63, 3.8) is 0 Å². The number of carbonyl (C=O) groups is 2. The number of nitrogens with one attached hydrogen (secondary N) is 2. The van der Waals surface area contributed by atoms with Gasteiger partial charge in [-0.05, 0) is 31.6 Å². The molecule has 102 valence electrons. The molecular weight excluding hydrogens is 232 g/mol. The highest BCUT2D eigenvalue weighted by Gasteiger charge is 2.44. The minimum Gasteiger partial charge on any atom is -0.481 e. The number of hydrogen-bond donors (Lipinski definition) is 3. The topological polar surface area (TPSA) is 78.4 Å². The second-order valence-electron chi connectivity index (χ2n) is 5.63. The summed E-state index contributed by atoms with van der Waals surface area (Å²) >= 11 is 0. The van der Waals surface area contributed by atoms with Crippen LogP contribution in [0.1, 0.15) is 44.9 Å². The summed E-state index contributed by atoms with van der Waals surface area (Å²) < 4.78 is 0. The van der Waals surface area contributed by atoms with Crippen LogP contribution in [0.3, 0.4) is 0 Å². The van der Waals surface area contributed by atoms with Crippen LogP contribution in [-0.2, 0) is 4.79 Å². The van der Waals surface area contributed by atoms with Crippen molar-refractivity contribution < 1.29 is 14.7 Å². The SMILES string of the molecule is O=C(NCCCC1CC1)NCC1(C(=O)O)CCC1. The summed E-state index contributed by atoms with van der Waals surface area (Å²) in [5.41, 5.74) is -0.703. The zero-order valence-electron chi connectivity index (χ0n) is 10.7. The van der Waals surface area contributed by atoms with Gasteiger partial charge in [0.1, 0.15) is 0 Å². The summed E-state index contributed by atoms with van der Waals surface area (Å²) in [6, 6.07) is -0.238. The Labute approximate surface area is 107 Å². The van der Waals surface area contributed by atoms with Crippen molar-refractivity contribution in [1.29, 1.82) is 0 Å². The molecule has 0 aromatic heterocycles. The van der Waals surface area contributed by atoms with Crippen molar-refractivity contribution in [3.05, 3.63) is 0 Å². The molecule has 0 unspecified atom stereocenters. The van der Waals surface area contributed by atoms with Gasteiger partial charge in [-0.1, -0.05) is 19.3 Å². The Morgan fingerprint density at radius 3 is 2.44 bits per heavy atom. The summed E-state index contributed by atoms with van der Waals surface area (Å²) in [7, 11) is 0. The van der Waals surface area contributed by atoms with E-state index >= 15 is 0 Å². The van der Waals surface area contributed by atoms with Crippen LogP contribution in [0.4, 0.5) is 4.79 Å². The van der Waals surface area contributed by atoms with E-state index in [2.05, 4.69) is 10.6 Å². The number of hydrogen-bond acceptors (Lipinski definition) is 2. The van der Waals surface area contributed by atoms with Gasteiger partial charge in [0.2, 0.25) is 0 Å². The van der Waals surface area contributed by atoms with E-state index in [0.29, 0.717) is 19.4 Å². The Bertz CT molecular complexity index is 322. The molecule has 5 nitrogen and oxygen atoms in total. The standard InChI is InChI=1S/C13H22N2O3/c16-11(17)13(6-2-7-13)9-15-12(18)14-8-1-3-10-4-5-10/h10H,1-9H2,(H,16,17)(H2,14,15,18). The number of carboxylic acid groups (broad SMARTS) is 1. The van der Waals surface area contributed by atoms with Gasteiger partial charge in [0.15, 0.2) is 0 Å². The highest BCUT2D eigenvalue weighted by Crippen LogP contribution is 2.40. The lowest BCUT2D eigenvalue weighted by Crippen LogP contribution is -2.49. The molecule has 3 N–H and O–H groups in total. The molecule has 2 fully saturated rings. The van der Waals surface area contributed by atoms with Crippen LogP contribution in [0.25, 0.3) is 0 Å². The van der Waals surface area contributed by atoms with E-state index in [-0.39, 0.29) is 12.6 Å². The number of carboxylic acids is 1. The van der Waals surface area contributed by atoms with E-state index in [4.69, 9.17) is 5.11 Å². The van der Waals surface area contributed by atoms with Crippen LogP contribution in [0.5, 0.6) is 0 Å². The normalized spacial score (nSPS) is 20.9. The Balaban J connectivity index is 1.57. The molecule has 0 aromatic rings. The average Bonchev–Trinajstić information content (AvgIpc) is 3.06. The van der Waals surface area contributed by atoms with Crippen LogP contribution in [0.15, 0.2) is 0 Å². The van der Waals surface area contributed by atoms with Gasteiger partial charge in [-0.3, -0.25) is 4.79 Å². The van der Waals surface area contributed by atoms with Gasteiger partial charge >= 0.3 is 12.0 Å². The Morgan fingerprint density at radius 2 is 1.94 bits per heavy atom. The van der Waals surface area contributed by atoms with Crippen molar-refractivity contribution >= 4 is 12.0 Å². The Morgan fingerprint density at radius 1 is 1.22 bits per heavy atom. The first-order valence-corrected chi connectivity index (χ1v) is 6.87. The average molecular weight is 254 g/mol. The van der Waals surface area contributed by atoms with Crippen LogP contribution in [0, 0.1) is 11.3 Å². The minimum absolute atomic E-state index is 0.238. The van der Waals surface area contributed by atoms with Gasteiger partial charge < -0.3 is 15.7 Å². The van der Waals surface area contributed by atoms with E-state index in [1.165, 1.54) is 19.3 Å². The van der Waals surface area contributed by atoms with E-state index in [1.54, 1.807) is 0 Å². The summed E-state index contributed by atoms with van der Waals surface area (Å²) in [4.78, 5) is 22.6. The lowest BCUT2D eigenvalue weighted by Gasteiger charge is -2.37. The number of carbonyl (C=O) groups excluding carboxylic acids is 1. The molecule has 0 atom stereocenters. The van der Waals surface area contributed by atoms with Gasteiger partial charge in [-0.15, -0.1) is 0 Å². The van der Waals surface area contributed by atoms with Crippen LogP contribution >= 0.6 is 0 Å². The fourth-order valence-electron chi connectivity index (χ4n) is 2.38. The van der Waals surface area contributed by atoms with Crippen molar-refractivity contribution in [3.8, 4) is 0 Å². The maximum Gasteiger partial charge on any atom is 0.314 e. The van der Waals surface area contributed by atoms with Gasteiger partial charge in [-0.25, -0.2) is 4.79 Å². The first kappa shape index (κ1) is 13.2. The third-order valence-electron chi connectivity index (χ3n) is 4.12. The van der Waals surface area contributed by atoms with Gasteiger partial charge in [0.25, 0.3) is 0 Å². The predicted octanol–water partition coefficient (Wildman–Crippen LogP) is 1.73. The van der Waals surface area contributed by atoms with Crippen LogP contribution in [0.2, 0.25) is 0 Å². The first-order chi connectivity index (χ1) is 8.62. The Kier molecular flexibility index (Phi) is 4.09. The number of urea groups is 1. The fourth-order valence-corrected chi connectivity index (χ4v) is 2.38. The van der Waals surface area contributed by atoms with Crippen molar-refractivity contribution in [2.75, 3.05) is 13.1 Å². The molecule has 2 aliphatic rings. The largest absolute Gasteiger partial charge is 0.481 e. The minimum atomic E-state index is -0.789. The number of aliphatic carboxylic acids is 1. The maximum absolute atomic E-state index is 11.5. The monoisotopic (exact) mass is 254 g/mol. The second-order valence-corrected chi connectivity index (χ2v) is 5.63. The van der Waals surface area contributed by atoms with E-state index in [1.807, 2.05) is 0 Å². The molecule has 18 heavy (non-hydrogen) atoms. The smallest absolute Gasteiger partial charge is 0.314 e. The van der Waals surface area contributed by atoms with Gasteiger partial charge in [0.05, 0.1) is 5.41 Å². The fraction of sp³-hybridized carbons (Fsp3) is 0.846. The van der Waals surface area contributed by atoms with E-state index in [0.717, 1.165) is 18.8 Å². The molecule has 0 heterocycles. The zero-order chi connectivity index (χ0) is 13.0. The summed E-state index contributed by atoms with van der Waals surface area (Å²) in [6.45, 7) is 0.930. The molecule has 0 radical (unpaired) electrons. The van der Waals surface area contributed by atoms with E-state index < -0.39 is 11.4 Å². The first-order valence-electron chi connectivity index (χ1n) is 6.87. The number of amides is 2. The maximum atomic E-state index is 11.5. The van der Waals surface area contributed by atoms with Crippen LogP contribution < -0.4 is 10.6 Å². The molecule has 2 amide bonds. The highest BCUT2D eigenvalue weighted by atomic mass is 16.4. The highest BCUT2D eigenvalue weighted by molar-refractivity contribution is 5.78. The molecule has 2 rings (SSSR count). The third kappa shape index (κ3) is 3.37. The molecule has 0 aliphatic heterocycles. The Hall–Kier alpha value is -1.26.